The molecule has 11 heteroatoms. The van der Waals surface area contributed by atoms with Gasteiger partial charge in [-0.1, -0.05) is 12.1 Å². The van der Waals surface area contributed by atoms with Crippen LogP contribution in [0.15, 0.2) is 68.5 Å². The number of nitrogens with one attached hydrogen (secondary N) is 1. The third-order valence-corrected chi connectivity index (χ3v) is 4.61. The molecule has 1 amide bonds. The molecule has 0 saturated heterocycles. The second-order valence-electron chi connectivity index (χ2n) is 6.75. The topological polar surface area (TPSA) is 154 Å². The van der Waals surface area contributed by atoms with E-state index >= 15 is 0 Å². The van der Waals surface area contributed by atoms with Gasteiger partial charge in [0.1, 0.15) is 17.1 Å². The number of fused-ring (bicyclic) bond motifs is 1. The van der Waals surface area contributed by atoms with Crippen molar-refractivity contribution in [2.75, 3.05) is 0 Å². The molecule has 0 aliphatic carbocycles. The maximum Gasteiger partial charge on any atom is 0.307 e. The summed E-state index contributed by atoms with van der Waals surface area (Å²) in [5.74, 6) is -0.00528. The van der Waals surface area contributed by atoms with E-state index in [4.69, 9.17) is 8.83 Å². The van der Waals surface area contributed by atoms with Gasteiger partial charge in [0.05, 0.1) is 16.1 Å². The monoisotopic (exact) mass is 434 g/mol. The van der Waals surface area contributed by atoms with Gasteiger partial charge in [-0.2, -0.15) is 5.10 Å². The normalized spacial score (nSPS) is 11.2. The second kappa shape index (κ2) is 8.14. The molecule has 0 bridgehead atoms. The molecule has 0 radical (unpaired) electrons. The first kappa shape index (κ1) is 20.5. The van der Waals surface area contributed by atoms with E-state index in [1.807, 2.05) is 0 Å². The van der Waals surface area contributed by atoms with Crippen LogP contribution in [0.2, 0.25) is 0 Å². The molecule has 0 atom stereocenters. The Kier molecular flexibility index (Phi) is 5.21. The fourth-order valence-electron chi connectivity index (χ4n) is 3.00. The highest BCUT2D eigenvalue weighted by atomic mass is 16.6. The van der Waals surface area contributed by atoms with Crippen LogP contribution in [-0.4, -0.2) is 22.0 Å². The van der Waals surface area contributed by atoms with E-state index in [0.29, 0.717) is 33.6 Å². The van der Waals surface area contributed by atoms with Crippen LogP contribution in [-0.2, 0) is 0 Å². The van der Waals surface area contributed by atoms with Crippen LogP contribution in [0, 0.1) is 27.2 Å². The molecule has 0 fully saturated rings. The summed E-state index contributed by atoms with van der Waals surface area (Å²) < 4.78 is 11.0. The number of furan rings is 2. The van der Waals surface area contributed by atoms with Crippen molar-refractivity contribution in [3.8, 4) is 11.3 Å². The Bertz CT molecular complexity index is 1400. The number of carbonyl (C=O) groups is 1. The Hall–Kier alpha value is -4.80. The molecule has 0 aliphatic heterocycles. The van der Waals surface area contributed by atoms with E-state index in [-0.39, 0.29) is 17.1 Å². The first-order valence-electron chi connectivity index (χ1n) is 9.18. The van der Waals surface area contributed by atoms with Crippen molar-refractivity contribution in [2.24, 2.45) is 5.10 Å². The molecular weight excluding hydrogens is 420 g/mol. The van der Waals surface area contributed by atoms with Crippen molar-refractivity contribution in [1.29, 1.82) is 0 Å². The van der Waals surface area contributed by atoms with Crippen molar-refractivity contribution >= 4 is 34.5 Å². The summed E-state index contributed by atoms with van der Waals surface area (Å²) in [5, 5.41) is 26.2. The van der Waals surface area contributed by atoms with E-state index in [0.717, 1.165) is 0 Å². The Balaban J connectivity index is 1.46. The van der Waals surface area contributed by atoms with Gasteiger partial charge >= 0.3 is 5.91 Å². The number of hydrazone groups is 1. The first-order valence-corrected chi connectivity index (χ1v) is 9.18. The largest absolute Gasteiger partial charge is 0.455 e. The average molecular weight is 434 g/mol. The Morgan fingerprint density at radius 3 is 2.56 bits per heavy atom. The third kappa shape index (κ3) is 4.07. The van der Waals surface area contributed by atoms with Gasteiger partial charge in [-0.25, -0.2) is 5.43 Å². The lowest BCUT2D eigenvalue weighted by molar-refractivity contribution is -0.385. The standard InChI is InChI=1S/C21H14N4O7/c1-12-2-3-13(9-17(12)25(29)30)18-7-5-16(31-18)11-22-23-21(26)20-10-14-8-15(24(27)28)4-6-19(14)32-20/h2-11H,1H3,(H,23,26)/b22-11+. The van der Waals surface area contributed by atoms with E-state index in [1.54, 1.807) is 31.2 Å². The van der Waals surface area contributed by atoms with Gasteiger partial charge in [0.15, 0.2) is 5.76 Å². The second-order valence-corrected chi connectivity index (χ2v) is 6.75. The Morgan fingerprint density at radius 1 is 1.00 bits per heavy atom. The first-order chi connectivity index (χ1) is 15.3. The fraction of sp³-hybridized carbons (Fsp3) is 0.0476. The van der Waals surface area contributed by atoms with Crippen molar-refractivity contribution in [2.45, 2.75) is 6.92 Å². The number of rotatable bonds is 6. The minimum atomic E-state index is -0.652. The van der Waals surface area contributed by atoms with E-state index < -0.39 is 15.8 Å². The van der Waals surface area contributed by atoms with E-state index in [1.165, 1.54) is 36.5 Å². The van der Waals surface area contributed by atoms with Gasteiger partial charge in [-0.3, -0.25) is 25.0 Å². The molecule has 0 spiro atoms. The molecule has 1 N–H and O–H groups in total. The summed E-state index contributed by atoms with van der Waals surface area (Å²) in [6.07, 6.45) is 1.26. The Labute approximate surface area is 179 Å². The quantitative estimate of drug-likeness (QED) is 0.264. The van der Waals surface area contributed by atoms with Crippen LogP contribution in [0.1, 0.15) is 21.9 Å². The van der Waals surface area contributed by atoms with Crippen LogP contribution in [0.5, 0.6) is 0 Å². The number of amides is 1. The zero-order valence-electron chi connectivity index (χ0n) is 16.5. The number of nitro benzene ring substituents is 2. The summed E-state index contributed by atoms with van der Waals surface area (Å²) in [4.78, 5) is 33.2. The van der Waals surface area contributed by atoms with Crippen LogP contribution < -0.4 is 5.43 Å². The van der Waals surface area contributed by atoms with E-state index in [9.17, 15) is 25.0 Å². The highest BCUT2D eigenvalue weighted by Crippen LogP contribution is 2.28. The molecule has 0 saturated carbocycles. The third-order valence-electron chi connectivity index (χ3n) is 4.61. The zero-order valence-corrected chi connectivity index (χ0v) is 16.5. The number of aryl methyl sites for hydroxylation is 1. The lowest BCUT2D eigenvalue weighted by Crippen LogP contribution is -2.16. The smallest absolute Gasteiger partial charge is 0.307 e. The highest BCUT2D eigenvalue weighted by Gasteiger charge is 2.15. The maximum absolute atomic E-state index is 12.2. The highest BCUT2D eigenvalue weighted by molar-refractivity contribution is 5.96. The predicted molar refractivity (Wildman–Crippen MR) is 113 cm³/mol. The average Bonchev–Trinajstić information content (AvgIpc) is 3.40. The lowest BCUT2D eigenvalue weighted by Gasteiger charge is -2.00. The number of nitro groups is 2. The molecule has 0 unspecified atom stereocenters. The maximum atomic E-state index is 12.2. The molecule has 2 heterocycles. The van der Waals surface area contributed by atoms with Crippen molar-refractivity contribution in [3.63, 3.8) is 0 Å². The number of non-ortho nitro benzene ring substituents is 1. The summed E-state index contributed by atoms with van der Waals surface area (Å²) >= 11 is 0. The van der Waals surface area contributed by atoms with Crippen LogP contribution in [0.25, 0.3) is 22.3 Å². The summed E-state index contributed by atoms with van der Waals surface area (Å²) in [6, 6.07) is 13.3. The van der Waals surface area contributed by atoms with Crippen LogP contribution >= 0.6 is 0 Å². The fourth-order valence-corrected chi connectivity index (χ4v) is 3.00. The minimum Gasteiger partial charge on any atom is -0.455 e. The molecule has 4 rings (SSSR count). The van der Waals surface area contributed by atoms with Crippen molar-refractivity contribution in [1.82, 2.24) is 5.43 Å². The molecule has 32 heavy (non-hydrogen) atoms. The molecule has 0 aliphatic rings. The van der Waals surface area contributed by atoms with Gasteiger partial charge in [0.25, 0.3) is 11.4 Å². The lowest BCUT2D eigenvalue weighted by atomic mass is 10.1. The van der Waals surface area contributed by atoms with Crippen LogP contribution in [0.3, 0.4) is 0 Å². The molecule has 11 nitrogen and oxygen atoms in total. The van der Waals surface area contributed by atoms with Gasteiger partial charge in [0, 0.05) is 34.7 Å². The summed E-state index contributed by atoms with van der Waals surface area (Å²) in [6.45, 7) is 1.65. The zero-order chi connectivity index (χ0) is 22.8. The van der Waals surface area contributed by atoms with Crippen LogP contribution in [0.4, 0.5) is 11.4 Å². The van der Waals surface area contributed by atoms with Gasteiger partial charge in [-0.05, 0) is 31.2 Å². The molecule has 4 aromatic rings. The number of benzene rings is 2. The number of carbonyl (C=O) groups excluding carboxylic acids is 1. The number of hydrogen-bond acceptors (Lipinski definition) is 8. The van der Waals surface area contributed by atoms with Crippen molar-refractivity contribution in [3.05, 3.63) is 91.9 Å². The summed E-state index contributed by atoms with van der Waals surface area (Å²) in [7, 11) is 0. The molecule has 160 valence electrons. The molecule has 2 aromatic heterocycles. The van der Waals surface area contributed by atoms with Gasteiger partial charge in [0.2, 0.25) is 0 Å². The van der Waals surface area contributed by atoms with E-state index in [2.05, 4.69) is 10.5 Å². The molecular formula is C21H14N4O7. The van der Waals surface area contributed by atoms with Gasteiger partial charge < -0.3 is 8.83 Å². The Morgan fingerprint density at radius 2 is 1.81 bits per heavy atom. The molecule has 2 aromatic carbocycles. The minimum absolute atomic E-state index is 0.0162. The van der Waals surface area contributed by atoms with Crippen molar-refractivity contribution < 1.29 is 23.5 Å². The number of nitrogens with zero attached hydrogens (tertiary/aromatic N) is 3. The van der Waals surface area contributed by atoms with Gasteiger partial charge in [-0.15, -0.1) is 0 Å². The predicted octanol–water partition coefficient (Wildman–Crippen LogP) is 4.58. The number of hydrogen-bond donors (Lipinski definition) is 1. The SMILES string of the molecule is Cc1ccc(-c2ccc(/C=N/NC(=O)c3cc4cc([N+](=O)[O-])ccc4o3)o2)cc1[N+](=O)[O-]. The summed E-state index contributed by atoms with van der Waals surface area (Å²) in [5.41, 5.74) is 3.54.